The predicted molar refractivity (Wildman–Crippen MR) is 295 cm³/mol. The average molecular weight is 944 g/mol. The summed E-state index contributed by atoms with van der Waals surface area (Å²) in [6.07, 6.45) is 4.46. The van der Waals surface area contributed by atoms with E-state index in [0.717, 1.165) is 101 Å². The Morgan fingerprint density at radius 1 is 0.419 bits per heavy atom. The fourth-order valence-electron chi connectivity index (χ4n) is 13.5. The Labute approximate surface area is 427 Å². The maximum Gasteiger partial charge on any atom is 0.132 e. The third-order valence-corrected chi connectivity index (χ3v) is 16.5. The second-order valence-corrected chi connectivity index (χ2v) is 19.9. The van der Waals surface area contributed by atoms with E-state index in [1.165, 1.54) is 44.5 Å². The SMILES string of the molecule is N#Cc1ccccc1-c1ccc2c(c1)Oc1ccccc1C21c2ccccc2-c2cc(-c3cc4ccc(-c5ccc6c(c5)Oc5ccccc5C65c6ccccc6-c6ccccc65)nc4c4c3C=CCN4)ccc21. The minimum absolute atomic E-state index is 0.519. The molecule has 0 fully saturated rings. The first-order chi connectivity index (χ1) is 36.6. The van der Waals surface area contributed by atoms with Crippen molar-refractivity contribution in [2.45, 2.75) is 10.8 Å². The summed E-state index contributed by atoms with van der Waals surface area (Å²) in [5.74, 6) is 3.32. The first-order valence-electron chi connectivity index (χ1n) is 25.3. The van der Waals surface area contributed by atoms with E-state index in [0.29, 0.717) is 12.1 Å². The van der Waals surface area contributed by atoms with Crippen LogP contribution in [0.4, 0.5) is 5.69 Å². The molecule has 1 atom stereocenters. The minimum atomic E-state index is -0.635. The Balaban J connectivity index is 0.830. The molecule has 1 aromatic heterocycles. The lowest BCUT2D eigenvalue weighted by Gasteiger charge is -2.39. The molecule has 10 aromatic carbocycles. The molecule has 74 heavy (non-hydrogen) atoms. The molecule has 0 radical (unpaired) electrons. The fraction of sp³-hybridized carbons (Fsp3) is 0.0435. The van der Waals surface area contributed by atoms with Crippen molar-refractivity contribution in [1.82, 2.24) is 4.98 Å². The third-order valence-electron chi connectivity index (χ3n) is 16.5. The van der Waals surface area contributed by atoms with Crippen LogP contribution >= 0.6 is 0 Å². The maximum absolute atomic E-state index is 10.0. The Kier molecular flexibility index (Phi) is 8.37. The van der Waals surface area contributed by atoms with Gasteiger partial charge in [0.15, 0.2) is 0 Å². The number of aromatic nitrogens is 1. The van der Waals surface area contributed by atoms with Gasteiger partial charge in [0.05, 0.1) is 39.4 Å². The zero-order valence-corrected chi connectivity index (χ0v) is 39.9. The van der Waals surface area contributed by atoms with Gasteiger partial charge in [0, 0.05) is 45.3 Å². The van der Waals surface area contributed by atoms with Crippen molar-refractivity contribution in [3.05, 3.63) is 280 Å². The predicted octanol–water partition coefficient (Wildman–Crippen LogP) is 16.5. The Morgan fingerprint density at radius 2 is 0.905 bits per heavy atom. The number of rotatable bonds is 3. The van der Waals surface area contributed by atoms with Crippen LogP contribution in [0.1, 0.15) is 55.6 Å². The van der Waals surface area contributed by atoms with Gasteiger partial charge >= 0.3 is 0 Å². The fourth-order valence-corrected chi connectivity index (χ4v) is 13.5. The number of anilines is 1. The molecule has 0 saturated carbocycles. The highest BCUT2D eigenvalue weighted by molar-refractivity contribution is 6.04. The molecule has 1 N–H and O–H groups in total. The Bertz CT molecular complexity index is 4320. The van der Waals surface area contributed by atoms with Gasteiger partial charge in [-0.15, -0.1) is 0 Å². The van der Waals surface area contributed by atoms with Crippen molar-refractivity contribution in [3.8, 4) is 84.8 Å². The van der Waals surface area contributed by atoms with Crippen molar-refractivity contribution in [3.63, 3.8) is 0 Å². The van der Waals surface area contributed by atoms with Crippen LogP contribution in [0.3, 0.4) is 0 Å². The molecule has 3 aliphatic heterocycles. The summed E-state index contributed by atoms with van der Waals surface area (Å²) in [6.45, 7) is 0.708. The summed E-state index contributed by atoms with van der Waals surface area (Å²) in [5, 5.41) is 14.9. The van der Waals surface area contributed by atoms with E-state index in [2.05, 4.69) is 212 Å². The van der Waals surface area contributed by atoms with Gasteiger partial charge in [-0.05, 0) is 115 Å². The van der Waals surface area contributed by atoms with Crippen molar-refractivity contribution in [1.29, 1.82) is 5.26 Å². The highest BCUT2D eigenvalue weighted by Gasteiger charge is 2.52. The van der Waals surface area contributed by atoms with E-state index < -0.39 is 10.8 Å². The summed E-state index contributed by atoms with van der Waals surface area (Å²) < 4.78 is 13.7. The second-order valence-electron chi connectivity index (χ2n) is 19.9. The van der Waals surface area contributed by atoms with Gasteiger partial charge in [0.25, 0.3) is 0 Å². The Hall–Kier alpha value is -9.76. The van der Waals surface area contributed by atoms with Crippen molar-refractivity contribution < 1.29 is 9.47 Å². The van der Waals surface area contributed by atoms with Crippen molar-refractivity contribution >= 4 is 22.7 Å². The summed E-state index contributed by atoms with van der Waals surface area (Å²) >= 11 is 0. The number of ether oxygens (including phenoxy) is 2. The van der Waals surface area contributed by atoms with E-state index >= 15 is 0 Å². The summed E-state index contributed by atoms with van der Waals surface area (Å²) in [7, 11) is 0. The molecule has 0 saturated heterocycles. The molecule has 5 aliphatic rings. The van der Waals surface area contributed by atoms with Crippen LogP contribution in [-0.4, -0.2) is 11.5 Å². The van der Waals surface area contributed by atoms with Crippen LogP contribution in [0.5, 0.6) is 23.0 Å². The monoisotopic (exact) mass is 943 g/mol. The summed E-state index contributed by atoms with van der Waals surface area (Å²) in [4.78, 5) is 5.49. The van der Waals surface area contributed by atoms with Crippen LogP contribution in [0, 0.1) is 11.3 Å². The molecule has 0 bridgehead atoms. The standard InChI is InChI=1S/C69H41N3O2/c70-40-45-14-1-2-15-46(45)42-28-32-59-64(38-42)73-63-26-12-10-24-58(63)69(59)55-22-8-5-18-49(55)52-36-41(27-31-56(52)69)51-37-44-30-34-61(72-66(44)67-50(51)19-13-35-71-67)43-29-33-60-65(39-43)74-62-25-11-9-23-57(62)68(60)53-20-6-3-16-47(53)48-17-4-7-21-54(48)68/h1-34,36-39,71H,35H2. The number of pyridine rings is 1. The number of nitriles is 1. The quantitative estimate of drug-likeness (QED) is 0.191. The molecule has 2 aliphatic carbocycles. The van der Waals surface area contributed by atoms with E-state index in [1.54, 1.807) is 0 Å². The average Bonchev–Trinajstić information content (AvgIpc) is 3.99. The highest BCUT2D eigenvalue weighted by atomic mass is 16.5. The topological polar surface area (TPSA) is 67.2 Å². The van der Waals surface area contributed by atoms with Gasteiger partial charge in [-0.1, -0.05) is 182 Å². The van der Waals surface area contributed by atoms with Crippen LogP contribution in [0.25, 0.3) is 72.7 Å². The van der Waals surface area contributed by atoms with Gasteiger partial charge < -0.3 is 14.8 Å². The molecule has 11 aromatic rings. The molecular weight excluding hydrogens is 903 g/mol. The molecule has 2 spiro atoms. The lowest BCUT2D eigenvalue weighted by atomic mass is 9.66. The summed E-state index contributed by atoms with van der Waals surface area (Å²) in [5.41, 5.74) is 22.9. The molecule has 5 heteroatoms. The van der Waals surface area contributed by atoms with Crippen molar-refractivity contribution in [2.24, 2.45) is 0 Å². The highest BCUT2D eigenvalue weighted by Crippen LogP contribution is 2.64. The molecular formula is C69H41N3O2. The molecule has 4 heterocycles. The largest absolute Gasteiger partial charge is 0.457 e. The number of fused-ring (bicyclic) bond motifs is 21. The van der Waals surface area contributed by atoms with Crippen LogP contribution in [0.2, 0.25) is 0 Å². The maximum atomic E-state index is 10.0. The lowest BCUT2D eigenvalue weighted by Crippen LogP contribution is -2.32. The molecule has 344 valence electrons. The summed E-state index contributed by atoms with van der Waals surface area (Å²) in [6, 6.07) is 80.5. The molecule has 5 nitrogen and oxygen atoms in total. The second kappa shape index (κ2) is 15.1. The number of nitrogens with one attached hydrogen (secondary N) is 1. The Morgan fingerprint density at radius 3 is 1.54 bits per heavy atom. The van der Waals surface area contributed by atoms with E-state index in [1.807, 2.05) is 30.3 Å². The third kappa shape index (κ3) is 5.33. The zero-order valence-electron chi connectivity index (χ0n) is 39.9. The van der Waals surface area contributed by atoms with Gasteiger partial charge in [-0.2, -0.15) is 5.26 Å². The van der Waals surface area contributed by atoms with Gasteiger partial charge in [0.2, 0.25) is 0 Å². The van der Waals surface area contributed by atoms with Crippen LogP contribution in [0.15, 0.2) is 224 Å². The normalized spacial score (nSPS) is 15.9. The number of nitrogens with zero attached hydrogens (tertiary/aromatic N) is 2. The number of hydrogen-bond acceptors (Lipinski definition) is 5. The number of para-hydroxylation sites is 2. The van der Waals surface area contributed by atoms with Crippen LogP contribution in [-0.2, 0) is 10.8 Å². The first-order valence-corrected chi connectivity index (χ1v) is 25.3. The van der Waals surface area contributed by atoms with E-state index in [4.69, 9.17) is 14.5 Å². The smallest absolute Gasteiger partial charge is 0.132 e. The van der Waals surface area contributed by atoms with Gasteiger partial charge in [0.1, 0.15) is 23.0 Å². The number of hydrogen-bond donors (Lipinski definition) is 1. The van der Waals surface area contributed by atoms with Gasteiger partial charge in [-0.3, -0.25) is 0 Å². The van der Waals surface area contributed by atoms with E-state index in [9.17, 15) is 5.26 Å². The van der Waals surface area contributed by atoms with Gasteiger partial charge in [-0.25, -0.2) is 4.98 Å². The molecule has 16 rings (SSSR count). The van der Waals surface area contributed by atoms with Crippen molar-refractivity contribution in [2.75, 3.05) is 11.9 Å². The lowest BCUT2D eigenvalue weighted by molar-refractivity contribution is 0.436. The number of benzene rings is 10. The minimum Gasteiger partial charge on any atom is -0.457 e. The molecule has 0 amide bonds. The first kappa shape index (κ1) is 40.9. The zero-order chi connectivity index (χ0) is 48.7. The van der Waals surface area contributed by atoms with Crippen LogP contribution < -0.4 is 14.8 Å². The van der Waals surface area contributed by atoms with E-state index in [-0.39, 0.29) is 0 Å². The molecule has 1 unspecified atom stereocenters.